The predicted octanol–water partition coefficient (Wildman–Crippen LogP) is 5.65. The second kappa shape index (κ2) is 10.2. The summed E-state index contributed by atoms with van der Waals surface area (Å²) >= 11 is 1.72. The maximum atomic E-state index is 13.6. The number of hydrogen-bond donors (Lipinski definition) is 0. The van der Waals surface area contributed by atoms with Crippen LogP contribution in [0.1, 0.15) is 68.3 Å². The summed E-state index contributed by atoms with van der Waals surface area (Å²) in [7, 11) is 0. The van der Waals surface area contributed by atoms with Crippen molar-refractivity contribution >= 4 is 23.6 Å². The summed E-state index contributed by atoms with van der Waals surface area (Å²) in [5, 5.41) is 0. The van der Waals surface area contributed by atoms with E-state index in [0.29, 0.717) is 23.8 Å². The lowest BCUT2D eigenvalue weighted by Gasteiger charge is -2.44. The van der Waals surface area contributed by atoms with Gasteiger partial charge in [-0.2, -0.15) is 0 Å². The SMILES string of the molecule is CCOC(=O)[C@H]1CSC2(CCC(Oc3ccc(C(C)C)cc3)CC2)N1C(=O)c1ccccc1. The van der Waals surface area contributed by atoms with Crippen LogP contribution in [-0.4, -0.2) is 46.2 Å². The first-order valence-corrected chi connectivity index (χ1v) is 12.9. The third-order valence-electron chi connectivity index (χ3n) is 6.62. The molecule has 1 amide bonds. The summed E-state index contributed by atoms with van der Waals surface area (Å²) < 4.78 is 11.6. The highest BCUT2D eigenvalue weighted by Gasteiger charge is 2.54. The molecular formula is C27H33NO4S. The summed E-state index contributed by atoms with van der Waals surface area (Å²) in [4.78, 5) is 27.7. The minimum atomic E-state index is -0.552. The standard InChI is InChI=1S/C27H33NO4S/c1-4-31-26(30)24-18-33-27(28(24)25(29)21-8-6-5-7-9-21)16-14-23(15-17-27)32-22-12-10-20(11-13-22)19(2)3/h5-13,19,23-24H,4,14-18H2,1-3H3/t23?,24-,27?/m1/s1. The summed E-state index contributed by atoms with van der Waals surface area (Å²) in [6.45, 7) is 6.48. The molecule has 176 valence electrons. The fraction of sp³-hybridized carbons (Fsp3) is 0.481. The highest BCUT2D eigenvalue weighted by atomic mass is 32.2. The molecule has 0 aromatic heterocycles. The van der Waals surface area contributed by atoms with E-state index >= 15 is 0 Å². The average molecular weight is 468 g/mol. The van der Waals surface area contributed by atoms with Crippen LogP contribution in [0.2, 0.25) is 0 Å². The average Bonchev–Trinajstić information content (AvgIpc) is 3.20. The Hall–Kier alpha value is -2.47. The van der Waals surface area contributed by atoms with Gasteiger partial charge in [0.25, 0.3) is 5.91 Å². The van der Waals surface area contributed by atoms with E-state index in [4.69, 9.17) is 9.47 Å². The van der Waals surface area contributed by atoms with Crippen LogP contribution in [0.5, 0.6) is 5.75 Å². The minimum Gasteiger partial charge on any atom is -0.490 e. The van der Waals surface area contributed by atoms with Crippen LogP contribution in [0.3, 0.4) is 0 Å². The van der Waals surface area contributed by atoms with Crippen LogP contribution in [-0.2, 0) is 9.53 Å². The number of carbonyl (C=O) groups is 2. The Morgan fingerprint density at radius 2 is 1.73 bits per heavy atom. The van der Waals surface area contributed by atoms with Crippen LogP contribution in [0, 0.1) is 0 Å². The van der Waals surface area contributed by atoms with Crippen molar-refractivity contribution in [2.75, 3.05) is 12.4 Å². The van der Waals surface area contributed by atoms with Gasteiger partial charge in [0.05, 0.1) is 17.6 Å². The number of nitrogens with zero attached hydrogens (tertiary/aromatic N) is 1. The third kappa shape index (κ3) is 5.06. The molecule has 2 aliphatic rings. The van der Waals surface area contributed by atoms with E-state index in [1.54, 1.807) is 18.7 Å². The highest BCUT2D eigenvalue weighted by Crippen LogP contribution is 2.50. The summed E-state index contributed by atoms with van der Waals surface area (Å²) in [6, 6.07) is 17.0. The Balaban J connectivity index is 1.49. The number of thioether (sulfide) groups is 1. The fourth-order valence-corrected chi connectivity index (χ4v) is 6.42. The maximum Gasteiger partial charge on any atom is 0.329 e. The van der Waals surface area contributed by atoms with Crippen LogP contribution in [0.15, 0.2) is 54.6 Å². The summed E-state index contributed by atoms with van der Waals surface area (Å²) in [6.07, 6.45) is 3.37. The van der Waals surface area contributed by atoms with Gasteiger partial charge in [0.15, 0.2) is 0 Å². The lowest BCUT2D eigenvalue weighted by atomic mass is 9.89. The van der Waals surface area contributed by atoms with Crippen molar-refractivity contribution in [2.45, 2.75) is 69.4 Å². The number of rotatable bonds is 6. The monoisotopic (exact) mass is 467 g/mol. The van der Waals surface area contributed by atoms with Crippen LogP contribution >= 0.6 is 11.8 Å². The quantitative estimate of drug-likeness (QED) is 0.514. The highest BCUT2D eigenvalue weighted by molar-refractivity contribution is 8.01. The number of ether oxygens (including phenoxy) is 2. The lowest BCUT2D eigenvalue weighted by Crippen LogP contribution is -2.54. The van der Waals surface area contributed by atoms with Gasteiger partial charge < -0.3 is 14.4 Å². The molecule has 2 fully saturated rings. The van der Waals surface area contributed by atoms with Crippen LogP contribution in [0.4, 0.5) is 0 Å². The first-order valence-electron chi connectivity index (χ1n) is 11.9. The van der Waals surface area contributed by atoms with Crippen molar-refractivity contribution in [1.29, 1.82) is 0 Å². The van der Waals surface area contributed by atoms with E-state index in [1.807, 2.05) is 47.4 Å². The predicted molar refractivity (Wildman–Crippen MR) is 132 cm³/mol. The number of esters is 1. The second-order valence-corrected chi connectivity index (χ2v) is 10.5. The largest absolute Gasteiger partial charge is 0.490 e. The van der Waals surface area contributed by atoms with Gasteiger partial charge in [0.2, 0.25) is 0 Å². The maximum absolute atomic E-state index is 13.6. The van der Waals surface area contributed by atoms with Crippen molar-refractivity contribution in [3.8, 4) is 5.75 Å². The van der Waals surface area contributed by atoms with Gasteiger partial charge in [-0.1, -0.05) is 44.2 Å². The Bertz CT molecular complexity index is 952. The second-order valence-electron chi connectivity index (χ2n) is 9.11. The first kappa shape index (κ1) is 23.7. The van der Waals surface area contributed by atoms with Gasteiger partial charge in [-0.15, -0.1) is 11.8 Å². The molecule has 0 N–H and O–H groups in total. The zero-order valence-electron chi connectivity index (χ0n) is 19.7. The van der Waals surface area contributed by atoms with Gasteiger partial charge in [-0.3, -0.25) is 4.79 Å². The Morgan fingerprint density at radius 1 is 1.06 bits per heavy atom. The number of benzene rings is 2. The lowest BCUT2D eigenvalue weighted by molar-refractivity contribution is -0.148. The van der Waals surface area contributed by atoms with Gasteiger partial charge in [0, 0.05) is 11.3 Å². The molecule has 1 aliphatic heterocycles. The van der Waals surface area contributed by atoms with Crippen LogP contribution in [0.25, 0.3) is 0 Å². The summed E-state index contributed by atoms with van der Waals surface area (Å²) in [5.41, 5.74) is 1.91. The van der Waals surface area contributed by atoms with Gasteiger partial charge in [-0.25, -0.2) is 4.79 Å². The van der Waals surface area contributed by atoms with Crippen LogP contribution < -0.4 is 4.74 Å². The fourth-order valence-electron chi connectivity index (χ4n) is 4.79. The molecule has 4 rings (SSSR count). The Kier molecular flexibility index (Phi) is 7.32. The molecule has 1 spiro atoms. The topological polar surface area (TPSA) is 55.8 Å². The van der Waals surface area contributed by atoms with E-state index in [1.165, 1.54) is 5.56 Å². The molecule has 1 heterocycles. The molecule has 1 atom stereocenters. The first-order chi connectivity index (χ1) is 15.9. The minimum absolute atomic E-state index is 0.0951. The number of hydrogen-bond acceptors (Lipinski definition) is 5. The Labute approximate surface area is 200 Å². The van der Waals surface area contributed by atoms with Crippen molar-refractivity contribution in [3.63, 3.8) is 0 Å². The molecule has 0 bridgehead atoms. The van der Waals surface area contributed by atoms with Crippen molar-refractivity contribution in [3.05, 3.63) is 65.7 Å². The van der Waals surface area contributed by atoms with E-state index in [-0.39, 0.29) is 18.0 Å². The normalized spacial score (nSPS) is 24.8. The zero-order chi connectivity index (χ0) is 23.4. The Morgan fingerprint density at radius 3 is 2.33 bits per heavy atom. The number of carbonyl (C=O) groups excluding carboxylic acids is 2. The molecule has 0 unspecified atom stereocenters. The van der Waals surface area contributed by atoms with E-state index in [0.717, 1.165) is 31.4 Å². The molecule has 1 saturated heterocycles. The van der Waals surface area contributed by atoms with E-state index in [2.05, 4.69) is 26.0 Å². The third-order valence-corrected chi connectivity index (χ3v) is 8.25. The molecule has 1 aliphatic carbocycles. The summed E-state index contributed by atoms with van der Waals surface area (Å²) in [5.74, 6) is 1.55. The molecule has 5 nitrogen and oxygen atoms in total. The molecule has 0 radical (unpaired) electrons. The number of amides is 1. The molecule has 1 saturated carbocycles. The molecular weight excluding hydrogens is 434 g/mol. The van der Waals surface area contributed by atoms with E-state index < -0.39 is 10.9 Å². The van der Waals surface area contributed by atoms with Crippen molar-refractivity contribution < 1.29 is 19.1 Å². The molecule has 2 aromatic rings. The van der Waals surface area contributed by atoms with Crippen molar-refractivity contribution in [2.24, 2.45) is 0 Å². The molecule has 2 aromatic carbocycles. The van der Waals surface area contributed by atoms with Gasteiger partial charge in [-0.05, 0) is 68.4 Å². The van der Waals surface area contributed by atoms with E-state index in [9.17, 15) is 9.59 Å². The van der Waals surface area contributed by atoms with Crippen molar-refractivity contribution in [1.82, 2.24) is 4.90 Å². The smallest absolute Gasteiger partial charge is 0.329 e. The molecule has 6 heteroatoms. The van der Waals surface area contributed by atoms with Gasteiger partial charge >= 0.3 is 5.97 Å². The molecule has 33 heavy (non-hydrogen) atoms. The van der Waals surface area contributed by atoms with Gasteiger partial charge in [0.1, 0.15) is 11.8 Å². The zero-order valence-corrected chi connectivity index (χ0v) is 20.5.